The Morgan fingerprint density at radius 2 is 1.93 bits per heavy atom. The Bertz CT molecular complexity index is 414. The first-order chi connectivity index (χ1) is 6.75. The third-order valence-corrected chi connectivity index (χ3v) is 3.59. The molecule has 0 aliphatic heterocycles. The maximum absolute atomic E-state index is 10.6. The topological polar surface area (TPSA) is 43.1 Å². The van der Waals surface area contributed by atoms with Gasteiger partial charge in [0.1, 0.15) is 0 Å². The molecule has 3 rings (SSSR count). The van der Waals surface area contributed by atoms with Crippen LogP contribution in [-0.4, -0.2) is 4.92 Å². The minimum atomic E-state index is -0.299. The monoisotopic (exact) mass is 189 g/mol. The van der Waals surface area contributed by atoms with E-state index in [0.29, 0.717) is 11.8 Å². The molecule has 0 radical (unpaired) electrons. The molecular formula is C11H11NO2. The summed E-state index contributed by atoms with van der Waals surface area (Å²) < 4.78 is 0. The smallest absolute Gasteiger partial charge is 0.258 e. The minimum absolute atomic E-state index is 0.247. The van der Waals surface area contributed by atoms with Gasteiger partial charge in [0, 0.05) is 12.1 Å². The van der Waals surface area contributed by atoms with E-state index in [-0.39, 0.29) is 10.6 Å². The molecule has 0 heterocycles. The van der Waals surface area contributed by atoms with Gasteiger partial charge < -0.3 is 0 Å². The summed E-state index contributed by atoms with van der Waals surface area (Å²) in [5, 5.41) is 10.6. The van der Waals surface area contributed by atoms with Crippen molar-refractivity contribution in [2.24, 2.45) is 0 Å². The van der Waals surface area contributed by atoms with Gasteiger partial charge in [-0.2, -0.15) is 0 Å². The predicted octanol–water partition coefficient (Wildman–Crippen LogP) is 2.96. The van der Waals surface area contributed by atoms with Gasteiger partial charge in [0.25, 0.3) is 5.69 Å². The fourth-order valence-electron chi connectivity index (χ4n) is 2.95. The van der Waals surface area contributed by atoms with Crippen molar-refractivity contribution in [3.63, 3.8) is 0 Å². The summed E-state index contributed by atoms with van der Waals surface area (Å²) >= 11 is 0. The summed E-state index contributed by atoms with van der Waals surface area (Å²) in [6.07, 6.45) is 3.71. The third-order valence-electron chi connectivity index (χ3n) is 3.59. The largest absolute Gasteiger partial charge is 0.269 e. The highest BCUT2D eigenvalue weighted by molar-refractivity contribution is 5.48. The van der Waals surface area contributed by atoms with Gasteiger partial charge in [-0.05, 0) is 42.2 Å². The molecule has 1 saturated carbocycles. The van der Waals surface area contributed by atoms with Crippen molar-refractivity contribution in [1.82, 2.24) is 0 Å². The van der Waals surface area contributed by atoms with E-state index in [1.807, 2.05) is 6.07 Å². The molecule has 2 atom stereocenters. The van der Waals surface area contributed by atoms with Crippen LogP contribution in [0.5, 0.6) is 0 Å². The van der Waals surface area contributed by atoms with Crippen molar-refractivity contribution in [3.05, 3.63) is 39.4 Å². The summed E-state index contributed by atoms with van der Waals surface area (Å²) in [6, 6.07) is 5.37. The van der Waals surface area contributed by atoms with Crippen LogP contribution in [0.3, 0.4) is 0 Å². The van der Waals surface area contributed by atoms with E-state index in [0.717, 1.165) is 0 Å². The SMILES string of the molecule is O=[N+]([O-])c1ccc2c(c1)C1CCC2C1. The van der Waals surface area contributed by atoms with E-state index in [9.17, 15) is 10.1 Å². The lowest BCUT2D eigenvalue weighted by molar-refractivity contribution is -0.384. The number of nitro benzene ring substituents is 1. The average Bonchev–Trinajstić information content (AvgIpc) is 2.77. The molecule has 2 unspecified atom stereocenters. The van der Waals surface area contributed by atoms with Gasteiger partial charge in [-0.15, -0.1) is 0 Å². The Kier molecular flexibility index (Phi) is 1.46. The first-order valence-corrected chi connectivity index (χ1v) is 5.04. The normalized spacial score (nSPS) is 27.7. The molecule has 1 aromatic rings. The van der Waals surface area contributed by atoms with E-state index in [4.69, 9.17) is 0 Å². The summed E-state index contributed by atoms with van der Waals surface area (Å²) in [5.41, 5.74) is 2.86. The van der Waals surface area contributed by atoms with E-state index in [1.54, 1.807) is 12.1 Å². The first kappa shape index (κ1) is 7.97. The van der Waals surface area contributed by atoms with Crippen LogP contribution in [0.25, 0.3) is 0 Å². The van der Waals surface area contributed by atoms with Crippen molar-refractivity contribution in [1.29, 1.82) is 0 Å². The molecule has 2 bridgehead atoms. The number of nitrogens with zero attached hydrogens (tertiary/aromatic N) is 1. The number of rotatable bonds is 1. The van der Waals surface area contributed by atoms with Crippen LogP contribution in [0, 0.1) is 10.1 Å². The second-order valence-electron chi connectivity index (χ2n) is 4.28. The molecule has 3 nitrogen and oxygen atoms in total. The van der Waals surface area contributed by atoms with Crippen molar-refractivity contribution >= 4 is 5.69 Å². The zero-order chi connectivity index (χ0) is 9.71. The van der Waals surface area contributed by atoms with E-state index in [1.165, 1.54) is 30.4 Å². The summed E-state index contributed by atoms with van der Waals surface area (Å²) in [7, 11) is 0. The highest BCUT2D eigenvalue weighted by atomic mass is 16.6. The Balaban J connectivity index is 2.12. The van der Waals surface area contributed by atoms with E-state index >= 15 is 0 Å². The van der Waals surface area contributed by atoms with Gasteiger partial charge in [0.2, 0.25) is 0 Å². The molecule has 0 spiro atoms. The average molecular weight is 189 g/mol. The first-order valence-electron chi connectivity index (χ1n) is 5.04. The molecule has 0 saturated heterocycles. The molecule has 0 amide bonds. The third kappa shape index (κ3) is 0.924. The Hall–Kier alpha value is -1.38. The lowest BCUT2D eigenvalue weighted by Gasteiger charge is -2.13. The molecule has 3 heteroatoms. The molecule has 0 N–H and O–H groups in total. The van der Waals surface area contributed by atoms with Crippen LogP contribution < -0.4 is 0 Å². The van der Waals surface area contributed by atoms with Crippen molar-refractivity contribution in [2.75, 3.05) is 0 Å². The molecular weight excluding hydrogens is 178 g/mol. The number of non-ortho nitro benzene ring substituents is 1. The Morgan fingerprint density at radius 3 is 2.64 bits per heavy atom. The molecule has 1 aromatic carbocycles. The fraction of sp³-hybridized carbons (Fsp3) is 0.455. The standard InChI is InChI=1S/C11H11NO2/c13-12(14)9-3-4-10-7-1-2-8(5-7)11(10)6-9/h3-4,6-8H,1-2,5H2. The molecule has 0 aromatic heterocycles. The zero-order valence-corrected chi connectivity index (χ0v) is 7.77. The van der Waals surface area contributed by atoms with Gasteiger partial charge in [0.15, 0.2) is 0 Å². The molecule has 2 aliphatic rings. The van der Waals surface area contributed by atoms with Gasteiger partial charge in [-0.25, -0.2) is 0 Å². The summed E-state index contributed by atoms with van der Waals surface area (Å²) in [4.78, 5) is 10.3. The summed E-state index contributed by atoms with van der Waals surface area (Å²) in [5.74, 6) is 1.30. The lowest BCUT2D eigenvalue weighted by Crippen LogP contribution is -1.99. The van der Waals surface area contributed by atoms with Crippen LogP contribution in [0.4, 0.5) is 5.69 Å². The number of nitro groups is 1. The van der Waals surface area contributed by atoms with Crippen LogP contribution in [-0.2, 0) is 0 Å². The van der Waals surface area contributed by atoms with Crippen LogP contribution in [0.15, 0.2) is 18.2 Å². The molecule has 2 aliphatic carbocycles. The second-order valence-corrected chi connectivity index (χ2v) is 4.28. The van der Waals surface area contributed by atoms with E-state index in [2.05, 4.69) is 0 Å². The van der Waals surface area contributed by atoms with Gasteiger partial charge >= 0.3 is 0 Å². The number of hydrogen-bond acceptors (Lipinski definition) is 2. The van der Waals surface area contributed by atoms with Gasteiger partial charge in [-0.3, -0.25) is 10.1 Å². The Morgan fingerprint density at radius 1 is 1.21 bits per heavy atom. The lowest BCUT2D eigenvalue weighted by atomic mass is 9.91. The highest BCUT2D eigenvalue weighted by Gasteiger charge is 2.37. The van der Waals surface area contributed by atoms with Crippen molar-refractivity contribution in [3.8, 4) is 0 Å². The van der Waals surface area contributed by atoms with Crippen molar-refractivity contribution in [2.45, 2.75) is 31.1 Å². The molecule has 14 heavy (non-hydrogen) atoms. The van der Waals surface area contributed by atoms with Crippen LogP contribution in [0.1, 0.15) is 42.2 Å². The molecule has 1 fully saturated rings. The second kappa shape index (κ2) is 2.56. The zero-order valence-electron chi connectivity index (χ0n) is 7.77. The highest BCUT2D eigenvalue weighted by Crippen LogP contribution is 2.53. The quantitative estimate of drug-likeness (QED) is 0.503. The van der Waals surface area contributed by atoms with E-state index < -0.39 is 0 Å². The maximum Gasteiger partial charge on any atom is 0.269 e. The van der Waals surface area contributed by atoms with Crippen molar-refractivity contribution < 1.29 is 4.92 Å². The minimum Gasteiger partial charge on any atom is -0.258 e. The van der Waals surface area contributed by atoms with Crippen LogP contribution >= 0.6 is 0 Å². The summed E-state index contributed by atoms with van der Waals surface area (Å²) in [6.45, 7) is 0. The van der Waals surface area contributed by atoms with Crippen LogP contribution in [0.2, 0.25) is 0 Å². The molecule has 72 valence electrons. The predicted molar refractivity (Wildman–Crippen MR) is 52.4 cm³/mol. The maximum atomic E-state index is 10.6. The van der Waals surface area contributed by atoms with Gasteiger partial charge in [-0.1, -0.05) is 6.07 Å². The van der Waals surface area contributed by atoms with Gasteiger partial charge in [0.05, 0.1) is 4.92 Å². The fourth-order valence-corrected chi connectivity index (χ4v) is 2.95. The number of benzene rings is 1. The number of fused-ring (bicyclic) bond motifs is 5. The Labute approximate surface area is 81.9 Å². The number of hydrogen-bond donors (Lipinski definition) is 0.